The molecule has 0 aromatic heterocycles. The second-order valence-corrected chi connectivity index (χ2v) is 4.01. The van der Waals surface area contributed by atoms with E-state index in [1.807, 2.05) is 6.92 Å². The van der Waals surface area contributed by atoms with Crippen molar-refractivity contribution in [3.05, 3.63) is 32.6 Å². The first-order valence-corrected chi connectivity index (χ1v) is 5.31. The van der Waals surface area contributed by atoms with Crippen molar-refractivity contribution in [2.24, 2.45) is 0 Å². The lowest BCUT2D eigenvalue weighted by Gasteiger charge is -2.07. The van der Waals surface area contributed by atoms with Crippen LogP contribution in [0, 0.1) is 21.7 Å². The molecule has 1 aromatic rings. The molecule has 0 amide bonds. The molecule has 2 nitrogen and oxygen atoms in total. The molecule has 0 heterocycles. The SMILES string of the molecule is CCOC(=N)c1cc(I)c(C)cc1F.Cl. The zero-order valence-electron chi connectivity index (χ0n) is 8.43. The molecular formula is C10H12ClFINO. The zero-order valence-corrected chi connectivity index (χ0v) is 11.4. The van der Waals surface area contributed by atoms with Gasteiger partial charge in [0.2, 0.25) is 5.90 Å². The Morgan fingerprint density at radius 2 is 2.13 bits per heavy atom. The van der Waals surface area contributed by atoms with Crippen LogP contribution in [0.2, 0.25) is 0 Å². The van der Waals surface area contributed by atoms with E-state index in [1.165, 1.54) is 6.07 Å². The normalized spacial score (nSPS) is 9.33. The van der Waals surface area contributed by atoms with Crippen molar-refractivity contribution in [2.45, 2.75) is 13.8 Å². The van der Waals surface area contributed by atoms with Crippen LogP contribution in [-0.2, 0) is 4.74 Å². The molecule has 0 saturated carbocycles. The number of ether oxygens (including phenoxy) is 1. The minimum Gasteiger partial charge on any atom is -0.478 e. The smallest absolute Gasteiger partial charge is 0.216 e. The van der Waals surface area contributed by atoms with E-state index in [0.717, 1.165) is 9.13 Å². The van der Waals surface area contributed by atoms with Crippen LogP contribution < -0.4 is 0 Å². The Morgan fingerprint density at radius 1 is 1.53 bits per heavy atom. The van der Waals surface area contributed by atoms with Gasteiger partial charge in [0.1, 0.15) is 5.82 Å². The molecule has 1 aromatic carbocycles. The zero-order chi connectivity index (χ0) is 10.7. The summed E-state index contributed by atoms with van der Waals surface area (Å²) in [5.74, 6) is -0.510. The summed E-state index contributed by atoms with van der Waals surface area (Å²) in [4.78, 5) is 0. The van der Waals surface area contributed by atoms with Gasteiger partial charge in [-0.1, -0.05) is 0 Å². The van der Waals surface area contributed by atoms with Gasteiger partial charge in [-0.2, -0.15) is 0 Å². The Balaban J connectivity index is 0.00000196. The van der Waals surface area contributed by atoms with Crippen LogP contribution in [0.1, 0.15) is 18.1 Å². The molecule has 1 rings (SSSR count). The standard InChI is InChI=1S/C10H11FINO.ClH/c1-3-14-10(13)7-5-9(12)6(2)4-8(7)11;/h4-5,13H,3H2,1-2H3;1H. The topological polar surface area (TPSA) is 33.1 Å². The Bertz CT molecular complexity index is 371. The minimum absolute atomic E-state index is 0. The summed E-state index contributed by atoms with van der Waals surface area (Å²) in [5, 5.41) is 7.47. The molecule has 0 saturated heterocycles. The van der Waals surface area contributed by atoms with Crippen molar-refractivity contribution in [1.29, 1.82) is 5.41 Å². The number of rotatable bonds is 2. The minimum atomic E-state index is -0.402. The van der Waals surface area contributed by atoms with E-state index in [1.54, 1.807) is 13.0 Å². The molecule has 0 bridgehead atoms. The van der Waals surface area contributed by atoms with Crippen LogP contribution >= 0.6 is 35.0 Å². The average molecular weight is 344 g/mol. The van der Waals surface area contributed by atoms with Crippen LogP contribution in [0.3, 0.4) is 0 Å². The molecule has 0 aliphatic rings. The van der Waals surface area contributed by atoms with Gasteiger partial charge in [0.05, 0.1) is 12.2 Å². The van der Waals surface area contributed by atoms with E-state index in [9.17, 15) is 4.39 Å². The Kier molecular flexibility index (Phi) is 6.12. The van der Waals surface area contributed by atoms with Crippen molar-refractivity contribution >= 4 is 40.9 Å². The van der Waals surface area contributed by atoms with Crippen molar-refractivity contribution in [3.8, 4) is 0 Å². The fourth-order valence-electron chi connectivity index (χ4n) is 1.04. The van der Waals surface area contributed by atoms with E-state index in [0.29, 0.717) is 6.61 Å². The van der Waals surface area contributed by atoms with E-state index in [4.69, 9.17) is 10.1 Å². The van der Waals surface area contributed by atoms with Gasteiger partial charge >= 0.3 is 0 Å². The molecule has 0 atom stereocenters. The van der Waals surface area contributed by atoms with E-state index in [-0.39, 0.29) is 23.9 Å². The van der Waals surface area contributed by atoms with Gasteiger partial charge in [0.15, 0.2) is 0 Å². The number of hydrogen-bond acceptors (Lipinski definition) is 2. The molecule has 84 valence electrons. The summed E-state index contributed by atoms with van der Waals surface area (Å²) in [6.07, 6.45) is 0. The van der Waals surface area contributed by atoms with Crippen LogP contribution in [0.5, 0.6) is 0 Å². The predicted molar refractivity (Wildman–Crippen MR) is 69.6 cm³/mol. The van der Waals surface area contributed by atoms with Crippen LogP contribution in [0.15, 0.2) is 12.1 Å². The Hall–Kier alpha value is -0.360. The summed E-state index contributed by atoms with van der Waals surface area (Å²) in [6, 6.07) is 3.05. The number of nitrogens with one attached hydrogen (secondary N) is 1. The van der Waals surface area contributed by atoms with Crippen molar-refractivity contribution in [1.82, 2.24) is 0 Å². The van der Waals surface area contributed by atoms with E-state index in [2.05, 4.69) is 22.6 Å². The summed E-state index contributed by atoms with van der Waals surface area (Å²) < 4.78 is 19.3. The molecule has 0 fully saturated rings. The predicted octanol–water partition coefficient (Wildman–Crippen LogP) is 3.52. The fourth-order valence-corrected chi connectivity index (χ4v) is 1.51. The van der Waals surface area contributed by atoms with Crippen molar-refractivity contribution < 1.29 is 9.13 Å². The van der Waals surface area contributed by atoms with Gasteiger partial charge in [-0.3, -0.25) is 5.41 Å². The molecular weight excluding hydrogens is 331 g/mol. The van der Waals surface area contributed by atoms with Gasteiger partial charge in [-0.15, -0.1) is 12.4 Å². The Labute approximate surface area is 108 Å². The van der Waals surface area contributed by atoms with Crippen LogP contribution in [-0.4, -0.2) is 12.5 Å². The van der Waals surface area contributed by atoms with Crippen molar-refractivity contribution in [3.63, 3.8) is 0 Å². The first-order valence-electron chi connectivity index (χ1n) is 4.23. The third-order valence-corrected chi connectivity index (χ3v) is 2.94. The highest BCUT2D eigenvalue weighted by Crippen LogP contribution is 2.17. The van der Waals surface area contributed by atoms with Crippen molar-refractivity contribution in [2.75, 3.05) is 6.61 Å². The second kappa shape index (κ2) is 6.27. The number of benzene rings is 1. The molecule has 0 radical (unpaired) electrons. The van der Waals surface area contributed by atoms with Gasteiger partial charge in [0, 0.05) is 3.57 Å². The van der Waals surface area contributed by atoms with E-state index >= 15 is 0 Å². The lowest BCUT2D eigenvalue weighted by molar-refractivity contribution is 0.324. The molecule has 0 aliphatic carbocycles. The highest BCUT2D eigenvalue weighted by Gasteiger charge is 2.11. The van der Waals surface area contributed by atoms with Crippen LogP contribution in [0.4, 0.5) is 4.39 Å². The number of hydrogen-bond donors (Lipinski definition) is 1. The number of aryl methyl sites for hydroxylation is 1. The maximum Gasteiger partial charge on any atom is 0.216 e. The molecule has 0 unspecified atom stereocenters. The maximum atomic E-state index is 13.4. The molecule has 0 spiro atoms. The molecule has 1 N–H and O–H groups in total. The monoisotopic (exact) mass is 343 g/mol. The lowest BCUT2D eigenvalue weighted by atomic mass is 10.1. The highest BCUT2D eigenvalue weighted by atomic mass is 127. The van der Waals surface area contributed by atoms with Gasteiger partial charge < -0.3 is 4.74 Å². The van der Waals surface area contributed by atoms with Crippen LogP contribution in [0.25, 0.3) is 0 Å². The molecule has 0 aliphatic heterocycles. The lowest BCUT2D eigenvalue weighted by Crippen LogP contribution is -2.08. The third kappa shape index (κ3) is 3.61. The summed E-state index contributed by atoms with van der Waals surface area (Å²) in [5.41, 5.74) is 1.10. The average Bonchev–Trinajstić information content (AvgIpc) is 2.11. The first-order chi connectivity index (χ1) is 6.56. The quantitative estimate of drug-likeness (QED) is 0.497. The first kappa shape index (κ1) is 14.6. The van der Waals surface area contributed by atoms with E-state index < -0.39 is 5.82 Å². The largest absolute Gasteiger partial charge is 0.478 e. The number of halogens is 3. The Morgan fingerprint density at radius 3 is 2.67 bits per heavy atom. The third-order valence-electron chi connectivity index (χ3n) is 1.78. The summed E-state index contributed by atoms with van der Waals surface area (Å²) >= 11 is 2.11. The molecule has 5 heteroatoms. The summed E-state index contributed by atoms with van der Waals surface area (Å²) in [7, 11) is 0. The van der Waals surface area contributed by atoms with Gasteiger partial charge in [0.25, 0.3) is 0 Å². The second-order valence-electron chi connectivity index (χ2n) is 2.84. The van der Waals surface area contributed by atoms with Gasteiger partial charge in [-0.05, 0) is 54.1 Å². The maximum absolute atomic E-state index is 13.4. The molecule has 15 heavy (non-hydrogen) atoms. The fraction of sp³-hybridized carbons (Fsp3) is 0.300. The van der Waals surface area contributed by atoms with Gasteiger partial charge in [-0.25, -0.2) is 4.39 Å². The summed E-state index contributed by atoms with van der Waals surface area (Å²) in [6.45, 7) is 3.98. The highest BCUT2D eigenvalue weighted by molar-refractivity contribution is 14.1.